The van der Waals surface area contributed by atoms with E-state index >= 15 is 0 Å². The zero-order chi connectivity index (χ0) is 14.5. The number of esters is 1. The minimum absolute atomic E-state index is 0.101. The van der Waals surface area contributed by atoms with Crippen LogP contribution in [0.25, 0.3) is 0 Å². The Morgan fingerprint density at radius 3 is 2.26 bits per heavy atom. The zero-order valence-corrected chi connectivity index (χ0v) is 13.1. The van der Waals surface area contributed by atoms with Gasteiger partial charge in [0, 0.05) is 6.54 Å². The van der Waals surface area contributed by atoms with Crippen molar-refractivity contribution in [3.8, 4) is 0 Å². The Balaban J connectivity index is 2.41. The maximum absolute atomic E-state index is 11.8. The molecule has 1 fully saturated rings. The molecule has 19 heavy (non-hydrogen) atoms. The van der Waals surface area contributed by atoms with Crippen LogP contribution in [-0.4, -0.2) is 19.1 Å². The van der Waals surface area contributed by atoms with Crippen LogP contribution in [0.1, 0.15) is 59.8 Å². The Labute approximate surface area is 118 Å². The van der Waals surface area contributed by atoms with Gasteiger partial charge < -0.3 is 10.5 Å². The van der Waals surface area contributed by atoms with Gasteiger partial charge in [0.05, 0.1) is 12.5 Å². The Hall–Kier alpha value is -0.570. The lowest BCUT2D eigenvalue weighted by Crippen LogP contribution is -2.31. The predicted molar refractivity (Wildman–Crippen MR) is 78.7 cm³/mol. The van der Waals surface area contributed by atoms with Crippen LogP contribution in [-0.2, 0) is 9.53 Å². The van der Waals surface area contributed by atoms with E-state index in [0.717, 1.165) is 12.3 Å². The zero-order valence-electron chi connectivity index (χ0n) is 13.1. The van der Waals surface area contributed by atoms with Crippen LogP contribution in [0.5, 0.6) is 0 Å². The van der Waals surface area contributed by atoms with Gasteiger partial charge in [0.1, 0.15) is 0 Å². The lowest BCUT2D eigenvalue weighted by atomic mass is 9.68. The molecule has 0 spiro atoms. The molecule has 0 saturated heterocycles. The molecule has 0 aromatic rings. The third-order valence-electron chi connectivity index (χ3n) is 4.59. The lowest BCUT2D eigenvalue weighted by molar-refractivity contribution is -0.148. The summed E-state index contributed by atoms with van der Waals surface area (Å²) >= 11 is 0. The molecule has 1 aliphatic rings. The maximum Gasteiger partial charge on any atom is 0.310 e. The molecule has 0 heterocycles. The number of rotatable bonds is 5. The van der Waals surface area contributed by atoms with Gasteiger partial charge in [0.25, 0.3) is 0 Å². The molecule has 3 nitrogen and oxygen atoms in total. The van der Waals surface area contributed by atoms with E-state index in [1.54, 1.807) is 0 Å². The first kappa shape index (κ1) is 16.5. The van der Waals surface area contributed by atoms with E-state index in [1.807, 2.05) is 6.92 Å². The third kappa shape index (κ3) is 5.13. The first-order valence-corrected chi connectivity index (χ1v) is 7.75. The van der Waals surface area contributed by atoms with Gasteiger partial charge in [-0.25, -0.2) is 0 Å². The van der Waals surface area contributed by atoms with Crippen LogP contribution < -0.4 is 5.73 Å². The molecule has 0 aromatic carbocycles. The topological polar surface area (TPSA) is 52.3 Å². The van der Waals surface area contributed by atoms with Gasteiger partial charge in [-0.15, -0.1) is 0 Å². The highest BCUT2D eigenvalue weighted by Gasteiger charge is 2.31. The van der Waals surface area contributed by atoms with Crippen LogP contribution in [0, 0.1) is 23.2 Å². The first-order valence-electron chi connectivity index (χ1n) is 7.75. The molecule has 0 radical (unpaired) electrons. The van der Waals surface area contributed by atoms with Crippen LogP contribution in [0.3, 0.4) is 0 Å². The van der Waals surface area contributed by atoms with E-state index < -0.39 is 0 Å². The van der Waals surface area contributed by atoms with Gasteiger partial charge in [-0.1, -0.05) is 33.6 Å². The fourth-order valence-electron chi connectivity index (χ4n) is 3.22. The summed E-state index contributed by atoms with van der Waals surface area (Å²) in [4.78, 5) is 11.8. The molecule has 0 bridgehead atoms. The number of carbonyl (C=O) groups excluding carboxylic acids is 1. The van der Waals surface area contributed by atoms with Gasteiger partial charge in [-0.3, -0.25) is 4.79 Å². The van der Waals surface area contributed by atoms with E-state index in [-0.39, 0.29) is 11.9 Å². The van der Waals surface area contributed by atoms with Crippen molar-refractivity contribution in [2.24, 2.45) is 28.9 Å². The molecule has 2 N–H and O–H groups in total. The van der Waals surface area contributed by atoms with E-state index in [1.165, 1.54) is 25.7 Å². The lowest BCUT2D eigenvalue weighted by Gasteiger charge is -2.37. The Morgan fingerprint density at radius 2 is 1.84 bits per heavy atom. The fourth-order valence-corrected chi connectivity index (χ4v) is 3.22. The van der Waals surface area contributed by atoms with Crippen molar-refractivity contribution >= 4 is 5.97 Å². The van der Waals surface area contributed by atoms with Crippen molar-refractivity contribution in [1.82, 2.24) is 0 Å². The highest BCUT2D eigenvalue weighted by Crippen LogP contribution is 2.41. The van der Waals surface area contributed by atoms with E-state index in [2.05, 4.69) is 20.8 Å². The second-order valence-electron chi connectivity index (χ2n) is 7.00. The molecule has 1 saturated carbocycles. The number of hydrogen-bond acceptors (Lipinski definition) is 3. The predicted octanol–water partition coefficient (Wildman–Crippen LogP) is 3.37. The average molecular weight is 269 g/mol. The quantitative estimate of drug-likeness (QED) is 0.779. The molecule has 1 rings (SSSR count). The molecule has 1 atom stereocenters. The van der Waals surface area contributed by atoms with Gasteiger partial charge in [-0.05, 0) is 43.4 Å². The summed E-state index contributed by atoms with van der Waals surface area (Å²) in [7, 11) is 0. The normalized spacial score (nSPS) is 25.9. The molecule has 112 valence electrons. The van der Waals surface area contributed by atoms with Crippen molar-refractivity contribution in [3.05, 3.63) is 0 Å². The second-order valence-corrected chi connectivity index (χ2v) is 7.00. The summed E-state index contributed by atoms with van der Waals surface area (Å²) in [5, 5.41) is 0. The van der Waals surface area contributed by atoms with E-state index in [9.17, 15) is 4.79 Å². The van der Waals surface area contributed by atoms with Crippen LogP contribution in [0.2, 0.25) is 0 Å². The number of ether oxygens (including phenoxy) is 1. The summed E-state index contributed by atoms with van der Waals surface area (Å²) < 4.78 is 5.09. The largest absolute Gasteiger partial charge is 0.466 e. The highest BCUT2D eigenvalue weighted by atomic mass is 16.5. The molecule has 0 aliphatic heterocycles. The van der Waals surface area contributed by atoms with Gasteiger partial charge in [0.2, 0.25) is 0 Å². The standard InChI is InChI=1S/C16H31NO2/c1-5-19-15(18)13(11-17)10-12-6-8-14(9-7-12)16(2,3)4/h12-14H,5-11,17H2,1-4H3. The van der Waals surface area contributed by atoms with Crippen LogP contribution in [0.4, 0.5) is 0 Å². The Kier molecular flexibility index (Phi) is 6.31. The third-order valence-corrected chi connectivity index (χ3v) is 4.59. The van der Waals surface area contributed by atoms with Crippen LogP contribution >= 0.6 is 0 Å². The SMILES string of the molecule is CCOC(=O)C(CN)CC1CCC(C(C)(C)C)CC1. The molecule has 1 unspecified atom stereocenters. The van der Waals surface area contributed by atoms with Gasteiger partial charge in [0.15, 0.2) is 0 Å². The Morgan fingerprint density at radius 1 is 1.26 bits per heavy atom. The summed E-state index contributed by atoms with van der Waals surface area (Å²) in [5.74, 6) is 1.26. The first-order chi connectivity index (χ1) is 8.88. The van der Waals surface area contributed by atoms with Crippen molar-refractivity contribution in [2.75, 3.05) is 13.2 Å². The van der Waals surface area contributed by atoms with Gasteiger partial charge in [-0.2, -0.15) is 0 Å². The van der Waals surface area contributed by atoms with Crippen molar-refractivity contribution in [1.29, 1.82) is 0 Å². The minimum Gasteiger partial charge on any atom is -0.466 e. The summed E-state index contributed by atoms with van der Waals surface area (Å²) in [5.41, 5.74) is 6.13. The average Bonchev–Trinajstić information content (AvgIpc) is 2.35. The molecular weight excluding hydrogens is 238 g/mol. The van der Waals surface area contributed by atoms with Gasteiger partial charge >= 0.3 is 5.97 Å². The smallest absolute Gasteiger partial charge is 0.310 e. The fraction of sp³-hybridized carbons (Fsp3) is 0.938. The number of carbonyl (C=O) groups is 1. The molecule has 1 aliphatic carbocycles. The van der Waals surface area contributed by atoms with E-state index in [4.69, 9.17) is 10.5 Å². The van der Waals surface area contributed by atoms with Crippen molar-refractivity contribution < 1.29 is 9.53 Å². The second kappa shape index (κ2) is 7.28. The molecule has 0 amide bonds. The molecular formula is C16H31NO2. The monoisotopic (exact) mass is 269 g/mol. The number of nitrogens with two attached hydrogens (primary N) is 1. The summed E-state index contributed by atoms with van der Waals surface area (Å²) in [6.07, 6.45) is 5.95. The van der Waals surface area contributed by atoms with Crippen molar-refractivity contribution in [2.45, 2.75) is 59.8 Å². The molecule has 0 aromatic heterocycles. The van der Waals surface area contributed by atoms with Crippen molar-refractivity contribution in [3.63, 3.8) is 0 Å². The minimum atomic E-state index is -0.108. The number of hydrogen-bond donors (Lipinski definition) is 1. The highest BCUT2D eigenvalue weighted by molar-refractivity contribution is 5.72. The van der Waals surface area contributed by atoms with E-state index in [0.29, 0.717) is 24.5 Å². The maximum atomic E-state index is 11.8. The molecule has 3 heteroatoms. The Bertz CT molecular complexity index is 275. The van der Waals surface area contributed by atoms with Crippen LogP contribution in [0.15, 0.2) is 0 Å². The summed E-state index contributed by atoms with van der Waals surface area (Å²) in [6.45, 7) is 9.71. The summed E-state index contributed by atoms with van der Waals surface area (Å²) in [6, 6.07) is 0.